The molecule has 34 heavy (non-hydrogen) atoms. The standard InChI is InChI=1S/C24H33N9O/c1-4-5-6-10-27-23-22-20(28-24(25)29-23)9-11-32(22)15-18-8-7-17(12-21(18)34-3)14-33-16-19(13-26-2)30-31-33/h7-9,11-12,16,26H,4-6,10,13-15H2,1-3H3,(H3,25,27,28,29). The van der Waals surface area contributed by atoms with Gasteiger partial charge < -0.3 is 25.7 Å². The summed E-state index contributed by atoms with van der Waals surface area (Å²) in [6.07, 6.45) is 7.39. The van der Waals surface area contributed by atoms with Crippen molar-refractivity contribution in [2.45, 2.75) is 45.8 Å². The summed E-state index contributed by atoms with van der Waals surface area (Å²) in [5, 5.41) is 14.9. The summed E-state index contributed by atoms with van der Waals surface area (Å²) in [6, 6.07) is 8.22. The third kappa shape index (κ3) is 5.45. The number of ether oxygens (including phenoxy) is 1. The summed E-state index contributed by atoms with van der Waals surface area (Å²) in [7, 11) is 3.59. The molecule has 10 heteroatoms. The molecule has 0 radical (unpaired) electrons. The van der Waals surface area contributed by atoms with Crippen LogP contribution in [-0.4, -0.2) is 50.2 Å². The molecule has 0 aliphatic rings. The van der Waals surface area contributed by atoms with Crippen LogP contribution in [0, 0.1) is 0 Å². The lowest BCUT2D eigenvalue weighted by Crippen LogP contribution is -2.09. The second-order valence-corrected chi connectivity index (χ2v) is 8.33. The van der Waals surface area contributed by atoms with Crippen LogP contribution in [0.1, 0.15) is 43.0 Å². The van der Waals surface area contributed by atoms with E-state index in [1.807, 2.05) is 30.2 Å². The van der Waals surface area contributed by atoms with Gasteiger partial charge >= 0.3 is 0 Å². The molecule has 180 valence electrons. The maximum absolute atomic E-state index is 5.95. The minimum absolute atomic E-state index is 0.274. The molecule has 0 saturated carbocycles. The lowest BCUT2D eigenvalue weighted by molar-refractivity contribution is 0.408. The third-order valence-corrected chi connectivity index (χ3v) is 5.68. The van der Waals surface area contributed by atoms with E-state index in [2.05, 4.69) is 60.6 Å². The van der Waals surface area contributed by atoms with Gasteiger partial charge in [0.05, 0.1) is 37.6 Å². The van der Waals surface area contributed by atoms with E-state index in [-0.39, 0.29) is 5.95 Å². The van der Waals surface area contributed by atoms with Gasteiger partial charge in [-0.3, -0.25) is 0 Å². The van der Waals surface area contributed by atoms with Crippen molar-refractivity contribution in [1.29, 1.82) is 0 Å². The van der Waals surface area contributed by atoms with Gasteiger partial charge in [0.25, 0.3) is 0 Å². The molecule has 4 N–H and O–H groups in total. The number of nitrogen functional groups attached to an aromatic ring is 1. The Balaban J connectivity index is 1.56. The Labute approximate surface area is 199 Å². The molecule has 0 amide bonds. The molecule has 0 atom stereocenters. The average Bonchev–Trinajstić information content (AvgIpc) is 3.44. The van der Waals surface area contributed by atoms with Crippen LogP contribution >= 0.6 is 0 Å². The molecule has 0 fully saturated rings. The first-order chi connectivity index (χ1) is 16.6. The summed E-state index contributed by atoms with van der Waals surface area (Å²) < 4.78 is 9.70. The number of nitrogens with one attached hydrogen (secondary N) is 2. The smallest absolute Gasteiger partial charge is 0.222 e. The van der Waals surface area contributed by atoms with Crippen molar-refractivity contribution in [2.75, 3.05) is 31.8 Å². The number of nitrogens with zero attached hydrogens (tertiary/aromatic N) is 6. The monoisotopic (exact) mass is 463 g/mol. The summed E-state index contributed by atoms with van der Waals surface area (Å²) in [4.78, 5) is 8.89. The predicted octanol–water partition coefficient (Wildman–Crippen LogP) is 3.03. The number of anilines is 2. The van der Waals surface area contributed by atoms with Crippen LogP contribution in [0.4, 0.5) is 11.8 Å². The lowest BCUT2D eigenvalue weighted by atomic mass is 10.1. The quantitative estimate of drug-likeness (QED) is 0.274. The number of nitrogens with two attached hydrogens (primary N) is 1. The molecule has 0 aliphatic heterocycles. The fraction of sp³-hybridized carbons (Fsp3) is 0.417. The topological polar surface area (TPSA) is 121 Å². The van der Waals surface area contributed by atoms with Crippen molar-refractivity contribution >= 4 is 22.8 Å². The van der Waals surface area contributed by atoms with Crippen LogP contribution in [-0.2, 0) is 19.6 Å². The van der Waals surface area contributed by atoms with Crippen LogP contribution in [0.3, 0.4) is 0 Å². The van der Waals surface area contributed by atoms with Gasteiger partial charge in [0.1, 0.15) is 11.3 Å². The second-order valence-electron chi connectivity index (χ2n) is 8.33. The zero-order valence-corrected chi connectivity index (χ0v) is 20.1. The summed E-state index contributed by atoms with van der Waals surface area (Å²) in [5.41, 5.74) is 10.8. The number of hydrogen-bond acceptors (Lipinski definition) is 8. The fourth-order valence-electron chi connectivity index (χ4n) is 4.03. The van der Waals surface area contributed by atoms with Crippen molar-refractivity contribution in [3.63, 3.8) is 0 Å². The van der Waals surface area contributed by atoms with Crippen molar-refractivity contribution in [3.8, 4) is 5.75 Å². The molecule has 0 bridgehead atoms. The maximum atomic E-state index is 5.95. The second kappa shape index (κ2) is 11.0. The largest absolute Gasteiger partial charge is 0.496 e. The van der Waals surface area contributed by atoms with Gasteiger partial charge in [-0.2, -0.15) is 4.98 Å². The molecule has 0 spiro atoms. The molecule has 3 heterocycles. The van der Waals surface area contributed by atoms with Gasteiger partial charge in [0.15, 0.2) is 5.82 Å². The van der Waals surface area contributed by atoms with E-state index < -0.39 is 0 Å². The van der Waals surface area contributed by atoms with E-state index in [1.54, 1.807) is 7.11 Å². The maximum Gasteiger partial charge on any atom is 0.222 e. The van der Waals surface area contributed by atoms with Crippen LogP contribution in [0.5, 0.6) is 5.75 Å². The van der Waals surface area contributed by atoms with Gasteiger partial charge in [0.2, 0.25) is 5.95 Å². The molecule has 10 nitrogen and oxygen atoms in total. The van der Waals surface area contributed by atoms with Crippen LogP contribution in [0.2, 0.25) is 0 Å². The molecule has 0 saturated heterocycles. The molecule has 1 aromatic carbocycles. The first-order valence-corrected chi connectivity index (χ1v) is 11.7. The van der Waals surface area contributed by atoms with Crippen molar-refractivity contribution in [3.05, 3.63) is 53.5 Å². The van der Waals surface area contributed by atoms with Gasteiger partial charge in [0, 0.05) is 24.8 Å². The number of rotatable bonds is 12. The Morgan fingerprint density at radius 2 is 2.00 bits per heavy atom. The highest BCUT2D eigenvalue weighted by Crippen LogP contribution is 2.27. The van der Waals surface area contributed by atoms with Gasteiger partial charge in [-0.15, -0.1) is 5.10 Å². The Morgan fingerprint density at radius 1 is 1.12 bits per heavy atom. The third-order valence-electron chi connectivity index (χ3n) is 5.68. The molecule has 0 aliphatic carbocycles. The number of methoxy groups -OCH3 is 1. The Bertz CT molecular complexity index is 1230. The molecule has 3 aromatic heterocycles. The number of aromatic nitrogens is 6. The zero-order chi connectivity index (χ0) is 23.9. The van der Waals surface area contributed by atoms with Gasteiger partial charge in [-0.1, -0.05) is 37.1 Å². The van der Waals surface area contributed by atoms with E-state index in [0.29, 0.717) is 19.6 Å². The number of unbranched alkanes of at least 4 members (excludes halogenated alkanes) is 2. The summed E-state index contributed by atoms with van der Waals surface area (Å²) >= 11 is 0. The lowest BCUT2D eigenvalue weighted by Gasteiger charge is -2.14. The molecule has 0 unspecified atom stereocenters. The van der Waals surface area contributed by atoms with E-state index >= 15 is 0 Å². The van der Waals surface area contributed by atoms with Crippen LogP contribution < -0.4 is 21.1 Å². The minimum atomic E-state index is 0.274. The van der Waals surface area contributed by atoms with E-state index in [0.717, 1.165) is 52.4 Å². The molecular weight excluding hydrogens is 430 g/mol. The first kappa shape index (κ1) is 23.5. The zero-order valence-electron chi connectivity index (χ0n) is 20.1. The molecule has 4 aromatic rings. The molecular formula is C24H33N9O. The van der Waals surface area contributed by atoms with Crippen molar-refractivity contribution < 1.29 is 4.74 Å². The molecule has 4 rings (SSSR count). The summed E-state index contributed by atoms with van der Waals surface area (Å²) in [6.45, 7) is 4.98. The normalized spacial score (nSPS) is 11.3. The van der Waals surface area contributed by atoms with Crippen molar-refractivity contribution in [1.82, 2.24) is 34.8 Å². The summed E-state index contributed by atoms with van der Waals surface area (Å²) in [5.74, 6) is 1.86. The highest BCUT2D eigenvalue weighted by molar-refractivity contribution is 5.87. The first-order valence-electron chi connectivity index (χ1n) is 11.7. The predicted molar refractivity (Wildman–Crippen MR) is 134 cm³/mol. The minimum Gasteiger partial charge on any atom is -0.496 e. The number of hydrogen-bond donors (Lipinski definition) is 3. The Morgan fingerprint density at radius 3 is 2.79 bits per heavy atom. The van der Waals surface area contributed by atoms with Gasteiger partial charge in [-0.05, 0) is 31.2 Å². The Kier molecular flexibility index (Phi) is 7.58. The van der Waals surface area contributed by atoms with Crippen molar-refractivity contribution in [2.24, 2.45) is 0 Å². The Hall–Kier alpha value is -3.66. The number of fused-ring (bicyclic) bond motifs is 1. The highest BCUT2D eigenvalue weighted by atomic mass is 16.5. The van der Waals surface area contributed by atoms with E-state index in [9.17, 15) is 0 Å². The SMILES string of the molecule is CCCCCNc1nc(N)nc2ccn(Cc3ccc(Cn4cc(CNC)nn4)cc3OC)c12. The van der Waals surface area contributed by atoms with E-state index in [1.165, 1.54) is 12.8 Å². The van der Waals surface area contributed by atoms with Gasteiger partial charge in [-0.25, -0.2) is 9.67 Å². The van der Waals surface area contributed by atoms with Crippen LogP contribution in [0.15, 0.2) is 36.7 Å². The highest BCUT2D eigenvalue weighted by Gasteiger charge is 2.14. The number of benzene rings is 1. The van der Waals surface area contributed by atoms with Crippen LogP contribution in [0.25, 0.3) is 11.0 Å². The fourth-order valence-corrected chi connectivity index (χ4v) is 4.03. The van der Waals surface area contributed by atoms with E-state index in [4.69, 9.17) is 10.5 Å². The average molecular weight is 464 g/mol.